The predicted molar refractivity (Wildman–Crippen MR) is 98.6 cm³/mol. The molecule has 3 rings (SSSR count). The molecule has 0 aromatic carbocycles. The maximum absolute atomic E-state index is 12.7. The molecule has 0 bridgehead atoms. The molecule has 26 heavy (non-hydrogen) atoms. The molecule has 1 saturated carbocycles. The van der Waals surface area contributed by atoms with E-state index in [1.807, 2.05) is 10.8 Å². The minimum absolute atomic E-state index is 0.0818. The molecular weight excluding hydrogens is 332 g/mol. The average Bonchev–Trinajstić information content (AvgIpc) is 3.19. The van der Waals surface area contributed by atoms with Crippen molar-refractivity contribution in [1.82, 2.24) is 30.4 Å². The molecular formula is C18H30N6O2. The second-order valence-electron chi connectivity index (χ2n) is 7.14. The molecule has 0 radical (unpaired) electrons. The summed E-state index contributed by atoms with van der Waals surface area (Å²) in [5.41, 5.74) is 0. The van der Waals surface area contributed by atoms with Crippen LogP contribution in [0.5, 0.6) is 0 Å². The molecule has 2 heterocycles. The number of imidazole rings is 1. The summed E-state index contributed by atoms with van der Waals surface area (Å²) in [5, 5.41) is 9.32. The van der Waals surface area contributed by atoms with Gasteiger partial charge in [0.25, 0.3) is 0 Å². The lowest BCUT2D eigenvalue weighted by molar-refractivity contribution is -0.126. The third-order valence-corrected chi connectivity index (χ3v) is 5.19. The van der Waals surface area contributed by atoms with Gasteiger partial charge in [0, 0.05) is 51.2 Å². The van der Waals surface area contributed by atoms with Crippen molar-refractivity contribution in [3.8, 4) is 0 Å². The van der Waals surface area contributed by atoms with Gasteiger partial charge >= 0.3 is 6.03 Å². The molecule has 0 unspecified atom stereocenters. The largest absolute Gasteiger partial charge is 0.354 e. The first-order valence-corrected chi connectivity index (χ1v) is 9.75. The fraction of sp³-hybridized carbons (Fsp3) is 0.722. The number of urea groups is 1. The number of rotatable bonds is 6. The van der Waals surface area contributed by atoms with Crippen LogP contribution in [0.15, 0.2) is 18.7 Å². The Bertz CT molecular complexity index is 570. The number of amides is 3. The molecule has 1 aliphatic heterocycles. The Morgan fingerprint density at radius 2 is 2.08 bits per heavy atom. The summed E-state index contributed by atoms with van der Waals surface area (Å²) < 4.78 is 1.98. The summed E-state index contributed by atoms with van der Waals surface area (Å²) >= 11 is 0. The lowest BCUT2D eigenvalue weighted by Gasteiger charge is -2.36. The lowest BCUT2D eigenvalue weighted by atomic mass is 9.96. The zero-order chi connectivity index (χ0) is 18.2. The van der Waals surface area contributed by atoms with Crippen LogP contribution < -0.4 is 16.0 Å². The van der Waals surface area contributed by atoms with E-state index in [-0.39, 0.29) is 18.0 Å². The maximum atomic E-state index is 12.7. The van der Waals surface area contributed by atoms with E-state index in [1.165, 1.54) is 19.3 Å². The molecule has 2 fully saturated rings. The molecule has 0 spiro atoms. The highest BCUT2D eigenvalue weighted by atomic mass is 16.2. The topological polar surface area (TPSA) is 91.3 Å². The number of hydrogen-bond acceptors (Lipinski definition) is 4. The minimum Gasteiger partial charge on any atom is -0.354 e. The van der Waals surface area contributed by atoms with Crippen LogP contribution in [0.25, 0.3) is 0 Å². The second-order valence-corrected chi connectivity index (χ2v) is 7.14. The quantitative estimate of drug-likeness (QED) is 0.650. The Hall–Kier alpha value is -2.09. The van der Waals surface area contributed by atoms with E-state index < -0.39 is 6.04 Å². The fourth-order valence-electron chi connectivity index (χ4n) is 3.70. The van der Waals surface area contributed by atoms with Crippen molar-refractivity contribution in [1.29, 1.82) is 0 Å². The Balaban J connectivity index is 1.45. The molecule has 1 saturated heterocycles. The van der Waals surface area contributed by atoms with Gasteiger partial charge in [-0.25, -0.2) is 9.78 Å². The van der Waals surface area contributed by atoms with E-state index >= 15 is 0 Å². The molecule has 3 N–H and O–H groups in total. The number of aromatic nitrogens is 2. The molecule has 8 heteroatoms. The number of nitrogens with zero attached hydrogens (tertiary/aromatic N) is 3. The van der Waals surface area contributed by atoms with E-state index in [0.717, 1.165) is 32.4 Å². The summed E-state index contributed by atoms with van der Waals surface area (Å²) in [4.78, 5) is 30.9. The van der Waals surface area contributed by atoms with Crippen molar-refractivity contribution in [3.05, 3.63) is 18.7 Å². The van der Waals surface area contributed by atoms with Crippen molar-refractivity contribution < 1.29 is 9.59 Å². The number of nitrogens with one attached hydrogen (secondary N) is 3. The third-order valence-electron chi connectivity index (χ3n) is 5.19. The van der Waals surface area contributed by atoms with Crippen LogP contribution >= 0.6 is 0 Å². The SMILES string of the molecule is O=C(NCCCn1ccnc1)[C@H]1CNCCN1C(=O)NC1CCCCC1. The first kappa shape index (κ1) is 18.7. The van der Waals surface area contributed by atoms with Gasteiger partial charge in [-0.1, -0.05) is 19.3 Å². The lowest BCUT2D eigenvalue weighted by Crippen LogP contribution is -2.62. The number of aryl methyl sites for hydroxylation is 1. The Morgan fingerprint density at radius 3 is 2.85 bits per heavy atom. The summed E-state index contributed by atoms with van der Waals surface area (Å²) in [5.74, 6) is -0.0818. The summed E-state index contributed by atoms with van der Waals surface area (Å²) in [6, 6.07) is -0.289. The molecule has 144 valence electrons. The van der Waals surface area contributed by atoms with Crippen LogP contribution in [0, 0.1) is 0 Å². The molecule has 3 amide bonds. The number of hydrogen-bond donors (Lipinski definition) is 3. The fourth-order valence-corrected chi connectivity index (χ4v) is 3.70. The summed E-state index contributed by atoms with van der Waals surface area (Å²) in [7, 11) is 0. The minimum atomic E-state index is -0.444. The highest BCUT2D eigenvalue weighted by molar-refractivity contribution is 5.87. The highest BCUT2D eigenvalue weighted by Crippen LogP contribution is 2.18. The third kappa shape index (κ3) is 5.20. The smallest absolute Gasteiger partial charge is 0.318 e. The average molecular weight is 362 g/mol. The van der Waals surface area contributed by atoms with Gasteiger partial charge in [0.05, 0.1) is 6.33 Å². The van der Waals surface area contributed by atoms with Gasteiger partial charge in [0.1, 0.15) is 6.04 Å². The first-order valence-electron chi connectivity index (χ1n) is 9.75. The van der Waals surface area contributed by atoms with Gasteiger partial charge in [0.2, 0.25) is 5.91 Å². The number of piperazine rings is 1. The van der Waals surface area contributed by atoms with Gasteiger partial charge in [-0.05, 0) is 19.3 Å². The molecule has 1 aliphatic carbocycles. The van der Waals surface area contributed by atoms with Crippen molar-refractivity contribution in [2.24, 2.45) is 0 Å². The highest BCUT2D eigenvalue weighted by Gasteiger charge is 2.32. The number of carbonyl (C=O) groups excluding carboxylic acids is 2. The van der Waals surface area contributed by atoms with Crippen LogP contribution in [0.4, 0.5) is 4.79 Å². The van der Waals surface area contributed by atoms with E-state index in [4.69, 9.17) is 0 Å². The molecule has 2 aliphatic rings. The maximum Gasteiger partial charge on any atom is 0.318 e. The molecule has 1 aromatic rings. The van der Waals surface area contributed by atoms with Crippen LogP contribution in [-0.4, -0.2) is 64.7 Å². The van der Waals surface area contributed by atoms with E-state index in [9.17, 15) is 9.59 Å². The summed E-state index contributed by atoms with van der Waals surface area (Å²) in [6.07, 6.45) is 11.9. The van der Waals surface area contributed by atoms with Gasteiger partial charge in [-0.15, -0.1) is 0 Å². The molecule has 1 atom stereocenters. The van der Waals surface area contributed by atoms with Gasteiger partial charge in [-0.2, -0.15) is 0 Å². The van der Waals surface area contributed by atoms with Crippen LogP contribution in [0.1, 0.15) is 38.5 Å². The van der Waals surface area contributed by atoms with Crippen molar-refractivity contribution in [3.63, 3.8) is 0 Å². The Labute approximate surface area is 154 Å². The molecule has 1 aromatic heterocycles. The normalized spacial score (nSPS) is 21.4. The van der Waals surface area contributed by atoms with Crippen molar-refractivity contribution in [2.45, 2.75) is 57.2 Å². The van der Waals surface area contributed by atoms with Gasteiger partial charge in [0.15, 0.2) is 0 Å². The van der Waals surface area contributed by atoms with Crippen LogP contribution in [-0.2, 0) is 11.3 Å². The zero-order valence-electron chi connectivity index (χ0n) is 15.3. The van der Waals surface area contributed by atoms with E-state index in [0.29, 0.717) is 19.6 Å². The monoisotopic (exact) mass is 362 g/mol. The molecule has 8 nitrogen and oxygen atoms in total. The van der Waals surface area contributed by atoms with Crippen molar-refractivity contribution >= 4 is 11.9 Å². The Kier molecular flexibility index (Phi) is 6.88. The second kappa shape index (κ2) is 9.56. The predicted octanol–water partition coefficient (Wildman–Crippen LogP) is 0.706. The summed E-state index contributed by atoms with van der Waals surface area (Å²) in [6.45, 7) is 3.19. The first-order chi connectivity index (χ1) is 12.7. The standard InChI is InChI=1S/C18H30N6O2/c25-17(21-7-4-10-23-11-8-20-14-23)16-13-19-9-12-24(16)18(26)22-15-5-2-1-3-6-15/h8,11,14-16,19H,1-7,9-10,12-13H2,(H,21,25)(H,22,26)/t16-/m1/s1. The number of carbonyl (C=O) groups is 2. The van der Waals surface area contributed by atoms with Gasteiger partial charge in [-0.3, -0.25) is 4.79 Å². The van der Waals surface area contributed by atoms with E-state index in [1.54, 1.807) is 17.4 Å². The van der Waals surface area contributed by atoms with E-state index in [2.05, 4.69) is 20.9 Å². The van der Waals surface area contributed by atoms with Crippen LogP contribution in [0.2, 0.25) is 0 Å². The van der Waals surface area contributed by atoms with Crippen molar-refractivity contribution in [2.75, 3.05) is 26.2 Å². The Morgan fingerprint density at radius 1 is 1.23 bits per heavy atom. The van der Waals surface area contributed by atoms with Crippen LogP contribution in [0.3, 0.4) is 0 Å². The van der Waals surface area contributed by atoms with Gasteiger partial charge < -0.3 is 25.4 Å². The zero-order valence-corrected chi connectivity index (χ0v) is 15.3.